The fourth-order valence-electron chi connectivity index (χ4n) is 3.28. The third-order valence-corrected chi connectivity index (χ3v) is 4.80. The number of rotatable bonds is 2. The smallest absolute Gasteiger partial charge is 0.253 e. The van der Waals surface area contributed by atoms with Crippen LogP contribution in [0.15, 0.2) is 90.0 Å². The van der Waals surface area contributed by atoms with E-state index in [1.165, 1.54) is 29.1 Å². The zero-order valence-electron chi connectivity index (χ0n) is 16.2. The highest BCUT2D eigenvalue weighted by atomic mass is 16.5. The molecule has 1 atom stereocenters. The highest BCUT2D eigenvalue weighted by Gasteiger charge is 2.24. The van der Waals surface area contributed by atoms with Crippen molar-refractivity contribution in [2.24, 2.45) is 0 Å². The maximum atomic E-state index is 12.1. The lowest BCUT2D eigenvalue weighted by molar-refractivity contribution is 0.0922. The summed E-state index contributed by atoms with van der Waals surface area (Å²) >= 11 is 0. The van der Waals surface area contributed by atoms with Crippen LogP contribution in [0.4, 0.5) is 0 Å². The van der Waals surface area contributed by atoms with E-state index in [0.717, 1.165) is 5.69 Å². The zero-order valence-corrected chi connectivity index (χ0v) is 16.2. The topological polar surface area (TPSA) is 84.1 Å². The van der Waals surface area contributed by atoms with Gasteiger partial charge in [-0.05, 0) is 29.0 Å². The standard InChI is InChI=1S/C14H13N3O3.C10H8/c18-12-4-3-9(8-16-12)14(19)17-10-5-7-20-11-2-1-6-15-13(10)11;1-2-6-10-8-4-3-7-9(10)5-1/h1-4,6,8,10H,5,7H2,(H,16,18)(H,17,19);1-8H. The number of carbonyl (C=O) groups is 1. The molecule has 2 N–H and O–H groups in total. The first-order chi connectivity index (χ1) is 14.7. The second-order valence-corrected chi connectivity index (χ2v) is 6.84. The molecule has 2 aromatic heterocycles. The van der Waals surface area contributed by atoms with E-state index < -0.39 is 0 Å². The molecular weight excluding hydrogens is 378 g/mol. The highest BCUT2D eigenvalue weighted by Crippen LogP contribution is 2.29. The molecule has 5 rings (SSSR count). The van der Waals surface area contributed by atoms with Crippen LogP contribution in [0.1, 0.15) is 28.5 Å². The Bertz CT molecular complexity index is 1130. The van der Waals surface area contributed by atoms with Gasteiger partial charge in [-0.1, -0.05) is 48.5 Å². The van der Waals surface area contributed by atoms with E-state index in [-0.39, 0.29) is 17.5 Å². The summed E-state index contributed by atoms with van der Waals surface area (Å²) in [4.78, 5) is 29.9. The van der Waals surface area contributed by atoms with E-state index in [1.807, 2.05) is 6.07 Å². The van der Waals surface area contributed by atoms with Gasteiger partial charge in [0, 0.05) is 24.9 Å². The molecule has 6 heteroatoms. The SMILES string of the molecule is O=C(NC1CCOc2cccnc21)c1ccc(=O)[nH]c1.c1ccc2ccccc2c1. The molecule has 150 valence electrons. The lowest BCUT2D eigenvalue weighted by Crippen LogP contribution is -2.33. The zero-order chi connectivity index (χ0) is 20.8. The van der Waals surface area contributed by atoms with Gasteiger partial charge in [0.05, 0.1) is 18.2 Å². The van der Waals surface area contributed by atoms with Gasteiger partial charge in [-0.2, -0.15) is 0 Å². The Hall–Kier alpha value is -3.93. The number of aromatic amines is 1. The number of nitrogens with zero attached hydrogens (tertiary/aromatic N) is 1. The van der Waals surface area contributed by atoms with E-state index in [0.29, 0.717) is 24.3 Å². The molecule has 3 heterocycles. The summed E-state index contributed by atoms with van der Waals surface area (Å²) < 4.78 is 5.50. The number of nitrogens with one attached hydrogen (secondary N) is 2. The van der Waals surface area contributed by atoms with Gasteiger partial charge in [0.2, 0.25) is 5.56 Å². The Kier molecular flexibility index (Phi) is 5.85. The molecule has 0 spiro atoms. The molecule has 2 aromatic carbocycles. The second-order valence-electron chi connectivity index (χ2n) is 6.84. The van der Waals surface area contributed by atoms with Crippen molar-refractivity contribution in [3.63, 3.8) is 0 Å². The van der Waals surface area contributed by atoms with E-state index in [2.05, 4.69) is 63.8 Å². The minimum Gasteiger partial charge on any atom is -0.491 e. The van der Waals surface area contributed by atoms with Crippen molar-refractivity contribution in [1.82, 2.24) is 15.3 Å². The summed E-state index contributed by atoms with van der Waals surface area (Å²) in [6.45, 7) is 0.537. The molecule has 0 radical (unpaired) electrons. The van der Waals surface area contributed by atoms with Crippen LogP contribution in [0, 0.1) is 0 Å². The largest absolute Gasteiger partial charge is 0.491 e. The number of H-pyrrole nitrogens is 1. The van der Waals surface area contributed by atoms with Gasteiger partial charge in [-0.25, -0.2) is 0 Å². The van der Waals surface area contributed by atoms with Gasteiger partial charge in [-0.15, -0.1) is 0 Å². The molecular formula is C24H21N3O3. The molecule has 1 aliphatic heterocycles. The van der Waals surface area contributed by atoms with Crippen molar-refractivity contribution in [2.45, 2.75) is 12.5 Å². The van der Waals surface area contributed by atoms with Gasteiger partial charge >= 0.3 is 0 Å². The predicted molar refractivity (Wildman–Crippen MR) is 116 cm³/mol. The molecule has 0 bridgehead atoms. The normalized spacial score (nSPS) is 14.6. The number of fused-ring (bicyclic) bond motifs is 2. The number of pyridine rings is 2. The van der Waals surface area contributed by atoms with Gasteiger partial charge in [0.1, 0.15) is 11.4 Å². The van der Waals surface area contributed by atoms with Crippen molar-refractivity contribution in [3.05, 3.63) is 107 Å². The lowest BCUT2D eigenvalue weighted by atomic mass is 10.1. The maximum Gasteiger partial charge on any atom is 0.253 e. The van der Waals surface area contributed by atoms with Crippen molar-refractivity contribution in [1.29, 1.82) is 0 Å². The van der Waals surface area contributed by atoms with E-state index in [1.54, 1.807) is 12.3 Å². The molecule has 1 aliphatic rings. The van der Waals surface area contributed by atoms with E-state index in [9.17, 15) is 9.59 Å². The summed E-state index contributed by atoms with van der Waals surface area (Å²) in [6.07, 6.45) is 3.74. The van der Waals surface area contributed by atoms with Crippen molar-refractivity contribution < 1.29 is 9.53 Å². The minimum atomic E-state index is -0.246. The molecule has 0 saturated heterocycles. The van der Waals surface area contributed by atoms with Crippen molar-refractivity contribution >= 4 is 16.7 Å². The summed E-state index contributed by atoms with van der Waals surface area (Å²) in [7, 11) is 0. The molecule has 6 nitrogen and oxygen atoms in total. The summed E-state index contributed by atoms with van der Waals surface area (Å²) in [5, 5.41) is 5.53. The van der Waals surface area contributed by atoms with Crippen LogP contribution in [0.3, 0.4) is 0 Å². The number of hydrogen-bond acceptors (Lipinski definition) is 4. The van der Waals surface area contributed by atoms with Gasteiger partial charge in [0.15, 0.2) is 0 Å². The number of aromatic nitrogens is 2. The first-order valence-electron chi connectivity index (χ1n) is 9.72. The van der Waals surface area contributed by atoms with E-state index in [4.69, 9.17) is 4.74 Å². The fraction of sp³-hybridized carbons (Fsp3) is 0.125. The second kappa shape index (κ2) is 9.05. The number of hydrogen-bond donors (Lipinski definition) is 2. The van der Waals surface area contributed by atoms with Crippen LogP contribution < -0.4 is 15.6 Å². The first kappa shape index (κ1) is 19.4. The van der Waals surface area contributed by atoms with Gasteiger partial charge in [0.25, 0.3) is 5.91 Å². The highest BCUT2D eigenvalue weighted by molar-refractivity contribution is 5.94. The Morgan fingerprint density at radius 3 is 2.30 bits per heavy atom. The first-order valence-corrected chi connectivity index (χ1v) is 9.72. The molecule has 0 fully saturated rings. The fourth-order valence-corrected chi connectivity index (χ4v) is 3.28. The minimum absolute atomic E-state index is 0.181. The van der Waals surface area contributed by atoms with Crippen LogP contribution in [-0.4, -0.2) is 22.5 Å². The van der Waals surface area contributed by atoms with Crippen LogP contribution in [0.5, 0.6) is 5.75 Å². The van der Waals surface area contributed by atoms with Crippen LogP contribution in [-0.2, 0) is 0 Å². The van der Waals surface area contributed by atoms with E-state index >= 15 is 0 Å². The Morgan fingerprint density at radius 1 is 0.967 bits per heavy atom. The lowest BCUT2D eigenvalue weighted by Gasteiger charge is -2.25. The summed E-state index contributed by atoms with van der Waals surface area (Å²) in [6, 6.07) is 23.0. The van der Waals surface area contributed by atoms with Crippen LogP contribution in [0.2, 0.25) is 0 Å². The molecule has 4 aromatic rings. The number of benzene rings is 2. The van der Waals surface area contributed by atoms with Crippen LogP contribution >= 0.6 is 0 Å². The summed E-state index contributed by atoms with van der Waals surface area (Å²) in [5.41, 5.74) is 0.907. The van der Waals surface area contributed by atoms with Crippen molar-refractivity contribution in [2.75, 3.05) is 6.61 Å². The molecule has 30 heavy (non-hydrogen) atoms. The number of ether oxygens (including phenoxy) is 1. The van der Waals surface area contributed by atoms with Crippen LogP contribution in [0.25, 0.3) is 10.8 Å². The molecule has 1 unspecified atom stereocenters. The average Bonchev–Trinajstić information content (AvgIpc) is 2.80. The Labute approximate surface area is 173 Å². The maximum absolute atomic E-state index is 12.1. The van der Waals surface area contributed by atoms with Gasteiger partial charge in [-0.3, -0.25) is 14.6 Å². The number of carbonyl (C=O) groups excluding carboxylic acids is 1. The molecule has 0 saturated carbocycles. The third-order valence-electron chi connectivity index (χ3n) is 4.80. The monoisotopic (exact) mass is 399 g/mol. The average molecular weight is 399 g/mol. The Balaban J connectivity index is 0.000000181. The molecule has 1 amide bonds. The quantitative estimate of drug-likeness (QED) is 0.536. The predicted octanol–water partition coefficient (Wildman–Crippen LogP) is 3.86. The number of amides is 1. The van der Waals surface area contributed by atoms with Gasteiger partial charge < -0.3 is 15.0 Å². The third kappa shape index (κ3) is 4.55. The summed E-state index contributed by atoms with van der Waals surface area (Å²) in [5.74, 6) is 0.454. The Morgan fingerprint density at radius 2 is 1.67 bits per heavy atom. The van der Waals surface area contributed by atoms with Crippen molar-refractivity contribution in [3.8, 4) is 5.75 Å². The molecule has 0 aliphatic carbocycles.